The van der Waals surface area contributed by atoms with Gasteiger partial charge in [-0.25, -0.2) is 0 Å². The van der Waals surface area contributed by atoms with E-state index < -0.39 is 0 Å². The first-order valence-electron chi connectivity index (χ1n) is 8.77. The van der Waals surface area contributed by atoms with Gasteiger partial charge in [0, 0.05) is 16.1 Å². The van der Waals surface area contributed by atoms with Gasteiger partial charge in [-0.1, -0.05) is 40.2 Å². The third-order valence-corrected chi connectivity index (χ3v) is 4.77. The van der Waals surface area contributed by atoms with Crippen LogP contribution in [0.3, 0.4) is 0 Å². The second kappa shape index (κ2) is 8.47. The third kappa shape index (κ3) is 5.41. The van der Waals surface area contributed by atoms with Crippen molar-refractivity contribution in [1.82, 2.24) is 5.32 Å². The molecule has 1 aliphatic carbocycles. The molecule has 0 aliphatic heterocycles. The number of anilines is 1. The van der Waals surface area contributed by atoms with Crippen molar-refractivity contribution in [2.45, 2.75) is 25.4 Å². The van der Waals surface area contributed by atoms with E-state index in [0.717, 1.165) is 28.8 Å². The summed E-state index contributed by atoms with van der Waals surface area (Å²) in [6.45, 7) is 1.08. The summed E-state index contributed by atoms with van der Waals surface area (Å²) < 4.78 is 1.04. The van der Waals surface area contributed by atoms with E-state index in [1.54, 1.807) is 12.1 Å². The number of nitrogens with one attached hydrogen (secondary N) is 3. The van der Waals surface area contributed by atoms with E-state index >= 15 is 0 Å². The highest BCUT2D eigenvalue weighted by atomic mass is 79.9. The van der Waals surface area contributed by atoms with Gasteiger partial charge in [0.2, 0.25) is 0 Å². The molecule has 3 rings (SSSR count). The number of benzene rings is 2. The standard InChI is InChI=1S/C20H22BrN3O2/c1-24(12-14-6-8-15(21)9-7-14)13-19(25)23-18-5-3-2-4-17(18)20(26)22-16-10-11-16/h2-9,16H,10-13H2,1H3,(H,22,26)(H,23,25)/p+1. The van der Waals surface area contributed by atoms with E-state index in [-0.39, 0.29) is 17.9 Å². The molecular weight excluding hydrogens is 394 g/mol. The molecule has 0 heterocycles. The van der Waals surface area contributed by atoms with Crippen molar-refractivity contribution in [3.8, 4) is 0 Å². The van der Waals surface area contributed by atoms with Gasteiger partial charge in [0.05, 0.1) is 18.3 Å². The first-order chi connectivity index (χ1) is 12.5. The molecule has 0 bridgehead atoms. The maximum Gasteiger partial charge on any atom is 0.279 e. The normalized spacial score (nSPS) is 14.5. The molecule has 0 aromatic heterocycles. The van der Waals surface area contributed by atoms with Gasteiger partial charge >= 0.3 is 0 Å². The maximum absolute atomic E-state index is 12.4. The molecule has 1 unspecified atom stereocenters. The minimum absolute atomic E-state index is 0.105. The molecule has 2 aromatic carbocycles. The van der Waals surface area contributed by atoms with Crippen molar-refractivity contribution in [1.29, 1.82) is 0 Å². The highest BCUT2D eigenvalue weighted by Crippen LogP contribution is 2.21. The Morgan fingerprint density at radius 3 is 2.50 bits per heavy atom. The predicted octanol–water partition coefficient (Wildman–Crippen LogP) is 1.99. The zero-order chi connectivity index (χ0) is 18.5. The number of carbonyl (C=O) groups excluding carboxylic acids is 2. The largest absolute Gasteiger partial charge is 0.349 e. The minimum Gasteiger partial charge on any atom is -0.349 e. The fourth-order valence-corrected chi connectivity index (χ4v) is 3.03. The number of likely N-dealkylation sites (N-methyl/N-ethyl adjacent to an activating group) is 1. The molecule has 2 aromatic rings. The summed E-state index contributed by atoms with van der Waals surface area (Å²) in [6, 6.07) is 15.5. The molecule has 136 valence electrons. The van der Waals surface area contributed by atoms with Gasteiger partial charge in [0.25, 0.3) is 11.8 Å². The SMILES string of the molecule is C[NH+](CC(=O)Nc1ccccc1C(=O)NC1CC1)Cc1ccc(Br)cc1. The quantitative estimate of drug-likeness (QED) is 0.646. The number of quaternary nitrogens is 1. The lowest BCUT2D eigenvalue weighted by atomic mass is 10.1. The molecule has 1 saturated carbocycles. The topological polar surface area (TPSA) is 62.6 Å². The van der Waals surface area contributed by atoms with Crippen molar-refractivity contribution in [3.63, 3.8) is 0 Å². The second-order valence-corrected chi connectivity index (χ2v) is 7.69. The van der Waals surface area contributed by atoms with Crippen LogP contribution in [-0.4, -0.2) is 31.4 Å². The fourth-order valence-electron chi connectivity index (χ4n) is 2.76. The van der Waals surface area contributed by atoms with Gasteiger partial charge in [-0.05, 0) is 37.1 Å². The van der Waals surface area contributed by atoms with Crippen molar-refractivity contribution in [2.75, 3.05) is 18.9 Å². The lowest BCUT2D eigenvalue weighted by molar-refractivity contribution is -0.885. The zero-order valence-corrected chi connectivity index (χ0v) is 16.3. The van der Waals surface area contributed by atoms with E-state index in [0.29, 0.717) is 17.8 Å². The van der Waals surface area contributed by atoms with Crippen molar-refractivity contribution in [2.24, 2.45) is 0 Å². The number of hydrogen-bond acceptors (Lipinski definition) is 2. The summed E-state index contributed by atoms with van der Waals surface area (Å²) in [5.41, 5.74) is 2.24. The molecule has 0 radical (unpaired) electrons. The first kappa shape index (κ1) is 18.6. The number of amides is 2. The number of halogens is 1. The minimum atomic E-state index is -0.126. The summed E-state index contributed by atoms with van der Waals surface area (Å²) >= 11 is 3.42. The van der Waals surface area contributed by atoms with E-state index in [9.17, 15) is 9.59 Å². The molecule has 0 spiro atoms. The van der Waals surface area contributed by atoms with E-state index in [2.05, 4.69) is 26.6 Å². The van der Waals surface area contributed by atoms with Crippen molar-refractivity contribution >= 4 is 33.4 Å². The van der Waals surface area contributed by atoms with Crippen LogP contribution in [0.5, 0.6) is 0 Å². The van der Waals surface area contributed by atoms with Crippen LogP contribution >= 0.6 is 15.9 Å². The van der Waals surface area contributed by atoms with E-state index in [4.69, 9.17) is 0 Å². The Bertz CT molecular complexity index is 788. The highest BCUT2D eigenvalue weighted by molar-refractivity contribution is 9.10. The molecule has 3 N–H and O–H groups in total. The van der Waals surface area contributed by atoms with Crippen LogP contribution in [0, 0.1) is 0 Å². The summed E-state index contributed by atoms with van der Waals surface area (Å²) in [4.78, 5) is 25.8. The monoisotopic (exact) mass is 416 g/mol. The molecule has 1 aliphatic rings. The third-order valence-electron chi connectivity index (χ3n) is 4.24. The Balaban J connectivity index is 1.57. The number of carbonyl (C=O) groups is 2. The second-order valence-electron chi connectivity index (χ2n) is 6.78. The van der Waals surface area contributed by atoms with Crippen LogP contribution in [0.15, 0.2) is 53.0 Å². The van der Waals surface area contributed by atoms with Crippen LogP contribution in [0.2, 0.25) is 0 Å². The average Bonchev–Trinajstić information content (AvgIpc) is 3.41. The van der Waals surface area contributed by atoms with Crippen LogP contribution in [-0.2, 0) is 11.3 Å². The van der Waals surface area contributed by atoms with Crippen LogP contribution < -0.4 is 15.5 Å². The van der Waals surface area contributed by atoms with Gasteiger partial charge < -0.3 is 15.5 Å². The van der Waals surface area contributed by atoms with E-state index in [1.807, 2.05) is 43.4 Å². The van der Waals surface area contributed by atoms with Gasteiger partial charge in [0.1, 0.15) is 6.54 Å². The fraction of sp³-hybridized carbons (Fsp3) is 0.300. The number of para-hydroxylation sites is 1. The predicted molar refractivity (Wildman–Crippen MR) is 105 cm³/mol. The average molecular weight is 417 g/mol. The lowest BCUT2D eigenvalue weighted by Gasteiger charge is -2.15. The van der Waals surface area contributed by atoms with Crippen molar-refractivity contribution < 1.29 is 14.5 Å². The summed E-state index contributed by atoms with van der Waals surface area (Å²) in [6.07, 6.45) is 2.06. The van der Waals surface area contributed by atoms with Crippen LogP contribution in [0.25, 0.3) is 0 Å². The Morgan fingerprint density at radius 1 is 1.12 bits per heavy atom. The molecule has 6 heteroatoms. The van der Waals surface area contributed by atoms with Gasteiger partial charge in [0.15, 0.2) is 6.54 Å². The molecular formula is C20H23BrN3O2+. The van der Waals surface area contributed by atoms with Crippen LogP contribution in [0.4, 0.5) is 5.69 Å². The Kier molecular flexibility index (Phi) is 6.06. The Hall–Kier alpha value is -2.18. The lowest BCUT2D eigenvalue weighted by Crippen LogP contribution is -3.08. The van der Waals surface area contributed by atoms with Crippen LogP contribution in [0.1, 0.15) is 28.8 Å². The number of rotatable bonds is 7. The van der Waals surface area contributed by atoms with E-state index in [1.165, 1.54) is 5.56 Å². The zero-order valence-electron chi connectivity index (χ0n) is 14.7. The number of hydrogen-bond donors (Lipinski definition) is 3. The molecule has 1 fully saturated rings. The first-order valence-corrected chi connectivity index (χ1v) is 9.56. The Morgan fingerprint density at radius 2 is 1.81 bits per heavy atom. The molecule has 0 saturated heterocycles. The van der Waals surface area contributed by atoms with Gasteiger partial charge in [-0.3, -0.25) is 9.59 Å². The smallest absolute Gasteiger partial charge is 0.279 e. The molecule has 2 amide bonds. The molecule has 1 atom stereocenters. The molecule has 26 heavy (non-hydrogen) atoms. The summed E-state index contributed by atoms with van der Waals surface area (Å²) in [5.74, 6) is -0.231. The summed E-state index contributed by atoms with van der Waals surface area (Å²) in [7, 11) is 1.98. The summed E-state index contributed by atoms with van der Waals surface area (Å²) in [5, 5.41) is 5.85. The Labute approximate surface area is 161 Å². The maximum atomic E-state index is 12.4. The van der Waals surface area contributed by atoms with Crippen molar-refractivity contribution in [3.05, 3.63) is 64.1 Å². The highest BCUT2D eigenvalue weighted by Gasteiger charge is 2.25. The van der Waals surface area contributed by atoms with Gasteiger partial charge in [-0.15, -0.1) is 0 Å². The van der Waals surface area contributed by atoms with Gasteiger partial charge in [-0.2, -0.15) is 0 Å². The molecule has 5 nitrogen and oxygen atoms in total.